The van der Waals surface area contributed by atoms with E-state index in [0.29, 0.717) is 0 Å². The van der Waals surface area contributed by atoms with E-state index in [-0.39, 0.29) is 0 Å². The van der Waals surface area contributed by atoms with Crippen LogP contribution in [0.25, 0.3) is 0 Å². The fourth-order valence-corrected chi connectivity index (χ4v) is 1.24. The number of ether oxygens (including phenoxy) is 1. The summed E-state index contributed by atoms with van der Waals surface area (Å²) in [7, 11) is 0. The lowest BCUT2D eigenvalue weighted by Crippen LogP contribution is -2.20. The smallest absolute Gasteiger partial charge is 0.119 e. The monoisotopic (exact) mass is 193 g/mol. The fourth-order valence-electron chi connectivity index (χ4n) is 1.24. The molecular formula is C12H19NO. The Bertz CT molecular complexity index is 243. The second kappa shape index (κ2) is 6.44. The molecule has 0 aliphatic carbocycles. The highest BCUT2D eigenvalue weighted by Crippen LogP contribution is 2.11. The third-order valence-electron chi connectivity index (χ3n) is 2.13. The SMILES string of the molecule is CCNCCOc1ccc(CC)cc1. The number of aryl methyl sites for hydroxylation is 1. The van der Waals surface area contributed by atoms with Crippen molar-refractivity contribution >= 4 is 0 Å². The van der Waals surface area contributed by atoms with Crippen LogP contribution in [0.15, 0.2) is 24.3 Å². The highest BCUT2D eigenvalue weighted by molar-refractivity contribution is 5.27. The second-order valence-electron chi connectivity index (χ2n) is 3.20. The van der Waals surface area contributed by atoms with Crippen molar-refractivity contribution in [2.24, 2.45) is 0 Å². The van der Waals surface area contributed by atoms with Crippen molar-refractivity contribution < 1.29 is 4.74 Å². The van der Waals surface area contributed by atoms with Crippen LogP contribution < -0.4 is 10.1 Å². The Hall–Kier alpha value is -1.02. The van der Waals surface area contributed by atoms with Crippen LogP contribution in [0.1, 0.15) is 19.4 Å². The van der Waals surface area contributed by atoms with E-state index in [0.717, 1.165) is 31.9 Å². The molecule has 0 saturated carbocycles. The third kappa shape index (κ3) is 3.79. The summed E-state index contributed by atoms with van der Waals surface area (Å²) in [5, 5.41) is 3.22. The van der Waals surface area contributed by atoms with Gasteiger partial charge < -0.3 is 10.1 Å². The van der Waals surface area contributed by atoms with Gasteiger partial charge in [-0.15, -0.1) is 0 Å². The predicted molar refractivity (Wildman–Crippen MR) is 59.9 cm³/mol. The summed E-state index contributed by atoms with van der Waals surface area (Å²) in [6.07, 6.45) is 1.08. The van der Waals surface area contributed by atoms with Crippen LogP contribution in [0.2, 0.25) is 0 Å². The van der Waals surface area contributed by atoms with Crippen LogP contribution in [0.5, 0.6) is 5.75 Å². The van der Waals surface area contributed by atoms with Gasteiger partial charge in [0.1, 0.15) is 12.4 Å². The van der Waals surface area contributed by atoms with Crippen LogP contribution in [-0.4, -0.2) is 19.7 Å². The molecule has 0 bridgehead atoms. The second-order valence-corrected chi connectivity index (χ2v) is 3.20. The molecule has 0 saturated heterocycles. The molecular weight excluding hydrogens is 174 g/mol. The molecule has 0 aliphatic rings. The van der Waals surface area contributed by atoms with Crippen molar-refractivity contribution in [3.05, 3.63) is 29.8 Å². The summed E-state index contributed by atoms with van der Waals surface area (Å²) in [6.45, 7) is 6.89. The van der Waals surface area contributed by atoms with Gasteiger partial charge in [-0.2, -0.15) is 0 Å². The van der Waals surface area contributed by atoms with Crippen molar-refractivity contribution in [2.45, 2.75) is 20.3 Å². The zero-order chi connectivity index (χ0) is 10.2. The standard InChI is InChI=1S/C12H19NO/c1-3-11-5-7-12(8-6-11)14-10-9-13-4-2/h5-8,13H,3-4,9-10H2,1-2H3. The Kier molecular flexibility index (Phi) is 5.08. The molecule has 1 aromatic rings. The molecule has 14 heavy (non-hydrogen) atoms. The summed E-state index contributed by atoms with van der Waals surface area (Å²) in [5.74, 6) is 0.958. The maximum atomic E-state index is 5.55. The van der Waals surface area contributed by atoms with E-state index in [1.165, 1.54) is 5.56 Å². The first kappa shape index (κ1) is 11.1. The van der Waals surface area contributed by atoms with Crippen molar-refractivity contribution in [1.29, 1.82) is 0 Å². The Morgan fingerprint density at radius 2 is 1.86 bits per heavy atom. The van der Waals surface area contributed by atoms with E-state index in [1.54, 1.807) is 0 Å². The molecule has 0 unspecified atom stereocenters. The topological polar surface area (TPSA) is 21.3 Å². The van der Waals surface area contributed by atoms with E-state index < -0.39 is 0 Å². The molecule has 0 aromatic heterocycles. The lowest BCUT2D eigenvalue weighted by Gasteiger charge is -2.06. The summed E-state index contributed by atoms with van der Waals surface area (Å²) < 4.78 is 5.55. The van der Waals surface area contributed by atoms with E-state index in [4.69, 9.17) is 4.74 Å². The largest absolute Gasteiger partial charge is 0.492 e. The quantitative estimate of drug-likeness (QED) is 0.700. The van der Waals surface area contributed by atoms with Crippen molar-refractivity contribution in [2.75, 3.05) is 19.7 Å². The highest BCUT2D eigenvalue weighted by atomic mass is 16.5. The normalized spacial score (nSPS) is 10.1. The number of rotatable bonds is 6. The van der Waals surface area contributed by atoms with Gasteiger partial charge in [-0.05, 0) is 30.7 Å². The number of nitrogens with one attached hydrogen (secondary N) is 1. The molecule has 0 heterocycles. The summed E-state index contributed by atoms with van der Waals surface area (Å²) >= 11 is 0. The van der Waals surface area contributed by atoms with Gasteiger partial charge in [0.15, 0.2) is 0 Å². The lowest BCUT2D eigenvalue weighted by atomic mass is 10.2. The van der Waals surface area contributed by atoms with Crippen LogP contribution in [0.3, 0.4) is 0 Å². The summed E-state index contributed by atoms with van der Waals surface area (Å²) in [5.41, 5.74) is 1.35. The Morgan fingerprint density at radius 1 is 1.14 bits per heavy atom. The van der Waals surface area contributed by atoms with Gasteiger partial charge in [0.2, 0.25) is 0 Å². The molecule has 1 rings (SSSR count). The van der Waals surface area contributed by atoms with Crippen LogP contribution >= 0.6 is 0 Å². The Labute approximate surface area is 86.3 Å². The highest BCUT2D eigenvalue weighted by Gasteiger charge is 1.93. The minimum Gasteiger partial charge on any atom is -0.492 e. The Morgan fingerprint density at radius 3 is 2.43 bits per heavy atom. The van der Waals surface area contributed by atoms with Gasteiger partial charge in [0, 0.05) is 6.54 Å². The molecule has 78 valence electrons. The molecule has 0 fully saturated rings. The third-order valence-corrected chi connectivity index (χ3v) is 2.13. The molecule has 2 nitrogen and oxygen atoms in total. The fraction of sp³-hybridized carbons (Fsp3) is 0.500. The lowest BCUT2D eigenvalue weighted by molar-refractivity contribution is 0.315. The summed E-state index contributed by atoms with van der Waals surface area (Å²) in [6, 6.07) is 8.29. The zero-order valence-corrected chi connectivity index (χ0v) is 9.05. The zero-order valence-electron chi connectivity index (χ0n) is 9.05. The predicted octanol–water partition coefficient (Wildman–Crippen LogP) is 2.24. The number of benzene rings is 1. The molecule has 1 N–H and O–H groups in total. The minimum absolute atomic E-state index is 0.735. The van der Waals surface area contributed by atoms with Crippen LogP contribution in [0, 0.1) is 0 Å². The van der Waals surface area contributed by atoms with Gasteiger partial charge >= 0.3 is 0 Å². The number of hydrogen-bond donors (Lipinski definition) is 1. The van der Waals surface area contributed by atoms with E-state index in [1.807, 2.05) is 12.1 Å². The molecule has 0 aliphatic heterocycles. The number of hydrogen-bond acceptors (Lipinski definition) is 2. The van der Waals surface area contributed by atoms with Crippen LogP contribution in [-0.2, 0) is 6.42 Å². The molecule has 2 heteroatoms. The van der Waals surface area contributed by atoms with Crippen LogP contribution in [0.4, 0.5) is 0 Å². The minimum atomic E-state index is 0.735. The first-order valence-electron chi connectivity index (χ1n) is 5.29. The molecule has 0 atom stereocenters. The van der Waals surface area contributed by atoms with Gasteiger partial charge in [0.05, 0.1) is 0 Å². The van der Waals surface area contributed by atoms with E-state index in [2.05, 4.69) is 31.3 Å². The Balaban J connectivity index is 2.29. The van der Waals surface area contributed by atoms with E-state index in [9.17, 15) is 0 Å². The van der Waals surface area contributed by atoms with Gasteiger partial charge in [-0.3, -0.25) is 0 Å². The van der Waals surface area contributed by atoms with E-state index >= 15 is 0 Å². The van der Waals surface area contributed by atoms with Gasteiger partial charge in [-0.1, -0.05) is 26.0 Å². The van der Waals surface area contributed by atoms with Crippen molar-refractivity contribution in [1.82, 2.24) is 5.32 Å². The average molecular weight is 193 g/mol. The molecule has 1 aromatic carbocycles. The van der Waals surface area contributed by atoms with Gasteiger partial charge in [0.25, 0.3) is 0 Å². The van der Waals surface area contributed by atoms with Crippen molar-refractivity contribution in [3.63, 3.8) is 0 Å². The maximum Gasteiger partial charge on any atom is 0.119 e. The van der Waals surface area contributed by atoms with Crippen molar-refractivity contribution in [3.8, 4) is 5.75 Å². The maximum absolute atomic E-state index is 5.55. The first-order chi connectivity index (χ1) is 6.86. The first-order valence-corrected chi connectivity index (χ1v) is 5.29. The average Bonchev–Trinajstić information content (AvgIpc) is 2.25. The molecule has 0 radical (unpaired) electrons. The molecule has 0 spiro atoms. The molecule has 0 amide bonds. The van der Waals surface area contributed by atoms with Gasteiger partial charge in [-0.25, -0.2) is 0 Å². The number of likely N-dealkylation sites (N-methyl/N-ethyl adjacent to an activating group) is 1. The summed E-state index contributed by atoms with van der Waals surface area (Å²) in [4.78, 5) is 0.